The number of ether oxygens (including phenoxy) is 1. The molecular weight excluding hydrogens is 340 g/mol. The summed E-state index contributed by atoms with van der Waals surface area (Å²) >= 11 is 1.52. The largest absolute Gasteiger partial charge is 0.507 e. The van der Waals surface area contributed by atoms with Gasteiger partial charge in [0.25, 0.3) is 5.91 Å². The number of benzene rings is 2. The minimum absolute atomic E-state index is 0.0316. The van der Waals surface area contributed by atoms with Crippen molar-refractivity contribution in [2.75, 3.05) is 13.7 Å². The van der Waals surface area contributed by atoms with Gasteiger partial charge in [0, 0.05) is 7.05 Å². The molecule has 0 aliphatic carbocycles. The third-order valence-corrected chi connectivity index (χ3v) is 4.61. The van der Waals surface area contributed by atoms with E-state index in [1.54, 1.807) is 19.2 Å². The van der Waals surface area contributed by atoms with Gasteiger partial charge in [-0.15, -0.1) is 11.3 Å². The number of fused-ring (bicyclic) bond motifs is 1. The molecule has 0 aliphatic rings. The minimum atomic E-state index is -0.736. The number of hydrogen-bond donors (Lipinski definition) is 1. The van der Waals surface area contributed by atoms with Crippen molar-refractivity contribution in [2.24, 2.45) is 0 Å². The number of aromatic hydroxyl groups is 1. The molecule has 0 aliphatic heterocycles. The van der Waals surface area contributed by atoms with Gasteiger partial charge in [0.05, 0.1) is 16.8 Å². The molecule has 1 heterocycles. The van der Waals surface area contributed by atoms with Gasteiger partial charge in [0.1, 0.15) is 16.3 Å². The van der Waals surface area contributed by atoms with Crippen LogP contribution in [0.2, 0.25) is 0 Å². The molecule has 2 aromatic carbocycles. The van der Waals surface area contributed by atoms with Crippen LogP contribution >= 0.6 is 11.3 Å². The number of para-hydroxylation sites is 2. The van der Waals surface area contributed by atoms with Gasteiger partial charge in [-0.25, -0.2) is 9.78 Å². The number of thiazole rings is 1. The molecule has 0 radical (unpaired) electrons. The first-order chi connectivity index (χ1) is 12.0. The predicted octanol–water partition coefficient (Wildman–Crippen LogP) is 2.82. The fourth-order valence-electron chi connectivity index (χ4n) is 2.24. The van der Waals surface area contributed by atoms with Crippen molar-refractivity contribution >= 4 is 33.4 Å². The van der Waals surface area contributed by atoms with Gasteiger partial charge in [0.2, 0.25) is 0 Å². The molecule has 0 bridgehead atoms. The fraction of sp³-hybridized carbons (Fsp3) is 0.167. The highest BCUT2D eigenvalue weighted by molar-refractivity contribution is 7.18. The number of nitrogens with zero attached hydrogens (tertiary/aromatic N) is 2. The van der Waals surface area contributed by atoms with Crippen molar-refractivity contribution in [1.29, 1.82) is 0 Å². The fourth-order valence-corrected chi connectivity index (χ4v) is 3.26. The Balaban J connectivity index is 1.57. The van der Waals surface area contributed by atoms with Crippen LogP contribution in [0.4, 0.5) is 0 Å². The first-order valence-electron chi connectivity index (χ1n) is 7.58. The number of likely N-dealkylation sites (N-methyl/N-ethyl adjacent to an activating group) is 1. The number of amides is 1. The lowest BCUT2D eigenvalue weighted by molar-refractivity contribution is -0.133. The van der Waals surface area contributed by atoms with Crippen molar-refractivity contribution in [3.63, 3.8) is 0 Å². The molecule has 3 rings (SSSR count). The molecule has 0 unspecified atom stereocenters. The van der Waals surface area contributed by atoms with Crippen molar-refractivity contribution in [1.82, 2.24) is 9.88 Å². The Hall–Kier alpha value is -2.93. The molecule has 1 amide bonds. The molecule has 25 heavy (non-hydrogen) atoms. The maximum atomic E-state index is 12.1. The van der Waals surface area contributed by atoms with Gasteiger partial charge in [-0.1, -0.05) is 24.3 Å². The van der Waals surface area contributed by atoms with E-state index in [1.165, 1.54) is 28.4 Å². The van der Waals surface area contributed by atoms with E-state index in [-0.39, 0.29) is 17.2 Å². The molecule has 128 valence electrons. The third kappa shape index (κ3) is 3.95. The summed E-state index contributed by atoms with van der Waals surface area (Å²) in [7, 11) is 1.63. The lowest BCUT2D eigenvalue weighted by Gasteiger charge is -2.15. The van der Waals surface area contributed by atoms with Crippen molar-refractivity contribution < 1.29 is 19.4 Å². The van der Waals surface area contributed by atoms with Gasteiger partial charge < -0.3 is 14.7 Å². The molecule has 0 saturated carbocycles. The zero-order valence-corrected chi connectivity index (χ0v) is 14.3. The third-order valence-electron chi connectivity index (χ3n) is 3.59. The van der Waals surface area contributed by atoms with E-state index in [0.717, 1.165) is 15.2 Å². The predicted molar refractivity (Wildman–Crippen MR) is 94.5 cm³/mol. The Bertz CT molecular complexity index is 889. The van der Waals surface area contributed by atoms with Crippen molar-refractivity contribution in [3.05, 3.63) is 59.1 Å². The molecule has 0 fully saturated rings. The maximum Gasteiger partial charge on any atom is 0.342 e. The van der Waals surface area contributed by atoms with Crippen LogP contribution in [0.1, 0.15) is 15.4 Å². The number of phenols is 1. The number of esters is 1. The van der Waals surface area contributed by atoms with Gasteiger partial charge in [-0.3, -0.25) is 4.79 Å². The number of carbonyl (C=O) groups is 2. The van der Waals surface area contributed by atoms with Crippen LogP contribution in [0.15, 0.2) is 48.5 Å². The summed E-state index contributed by atoms with van der Waals surface area (Å²) in [6.07, 6.45) is 0. The molecule has 1 aromatic heterocycles. The standard InChI is InChI=1S/C18H16N2O4S/c1-20(10-16-19-13-7-3-5-9-15(13)25-16)17(22)11-24-18(23)12-6-2-4-8-14(12)21/h2-9,21H,10-11H2,1H3. The number of hydrogen-bond acceptors (Lipinski definition) is 6. The van der Waals surface area contributed by atoms with E-state index in [9.17, 15) is 14.7 Å². The highest BCUT2D eigenvalue weighted by Gasteiger charge is 2.17. The molecule has 7 heteroatoms. The van der Waals surface area contributed by atoms with E-state index < -0.39 is 12.6 Å². The quantitative estimate of drug-likeness (QED) is 0.711. The number of aromatic nitrogens is 1. The van der Waals surface area contributed by atoms with E-state index in [2.05, 4.69) is 4.98 Å². The second kappa shape index (κ2) is 7.31. The summed E-state index contributed by atoms with van der Waals surface area (Å²) in [5, 5.41) is 10.4. The highest BCUT2D eigenvalue weighted by Crippen LogP contribution is 2.22. The highest BCUT2D eigenvalue weighted by atomic mass is 32.1. The van der Waals surface area contributed by atoms with E-state index in [0.29, 0.717) is 6.54 Å². The number of carbonyl (C=O) groups excluding carboxylic acids is 2. The normalized spacial score (nSPS) is 10.6. The van der Waals surface area contributed by atoms with Crippen molar-refractivity contribution in [3.8, 4) is 5.75 Å². The van der Waals surface area contributed by atoms with Crippen molar-refractivity contribution in [2.45, 2.75) is 6.54 Å². The second-order valence-electron chi connectivity index (χ2n) is 5.42. The average molecular weight is 356 g/mol. The number of phenolic OH excluding ortho intramolecular Hbond substituents is 1. The summed E-state index contributed by atoms with van der Waals surface area (Å²) in [5.41, 5.74) is 0.929. The van der Waals surface area contributed by atoms with Crippen LogP contribution in [-0.4, -0.2) is 40.5 Å². The van der Waals surface area contributed by atoms with Crippen LogP contribution in [0.3, 0.4) is 0 Å². The maximum absolute atomic E-state index is 12.1. The average Bonchev–Trinajstić information content (AvgIpc) is 3.01. The molecule has 0 spiro atoms. The molecule has 0 atom stereocenters. The van der Waals surface area contributed by atoms with Crippen LogP contribution in [0, 0.1) is 0 Å². The summed E-state index contributed by atoms with van der Waals surface area (Å²) < 4.78 is 6.04. The minimum Gasteiger partial charge on any atom is -0.507 e. The molecule has 0 saturated heterocycles. The monoisotopic (exact) mass is 356 g/mol. The van der Waals surface area contributed by atoms with Crippen LogP contribution < -0.4 is 0 Å². The topological polar surface area (TPSA) is 79.7 Å². The Morgan fingerprint density at radius 1 is 1.16 bits per heavy atom. The molecule has 6 nitrogen and oxygen atoms in total. The summed E-state index contributed by atoms with van der Waals surface area (Å²) in [4.78, 5) is 30.0. The van der Waals surface area contributed by atoms with Gasteiger partial charge in [-0.2, -0.15) is 0 Å². The molecule has 3 aromatic rings. The zero-order chi connectivity index (χ0) is 17.8. The zero-order valence-electron chi connectivity index (χ0n) is 13.5. The smallest absolute Gasteiger partial charge is 0.342 e. The first-order valence-corrected chi connectivity index (χ1v) is 8.40. The Morgan fingerprint density at radius 2 is 1.88 bits per heavy atom. The van der Waals surface area contributed by atoms with Crippen LogP contribution in [-0.2, 0) is 16.1 Å². The van der Waals surface area contributed by atoms with Crippen LogP contribution in [0.5, 0.6) is 5.75 Å². The summed E-state index contributed by atoms with van der Waals surface area (Å²) in [5.74, 6) is -1.26. The first kappa shape index (κ1) is 16.9. The molecular formula is C18H16N2O4S. The van der Waals surface area contributed by atoms with Gasteiger partial charge >= 0.3 is 5.97 Å². The van der Waals surface area contributed by atoms with E-state index >= 15 is 0 Å². The van der Waals surface area contributed by atoms with E-state index in [4.69, 9.17) is 4.74 Å². The Kier molecular flexibility index (Phi) is 4.95. The Labute approximate surface area is 148 Å². The lowest BCUT2D eigenvalue weighted by Crippen LogP contribution is -2.30. The second-order valence-corrected chi connectivity index (χ2v) is 6.53. The Morgan fingerprint density at radius 3 is 2.64 bits per heavy atom. The van der Waals surface area contributed by atoms with Gasteiger partial charge in [-0.05, 0) is 24.3 Å². The summed E-state index contributed by atoms with van der Waals surface area (Å²) in [6.45, 7) is -0.0547. The SMILES string of the molecule is CN(Cc1nc2ccccc2s1)C(=O)COC(=O)c1ccccc1O. The lowest BCUT2D eigenvalue weighted by atomic mass is 10.2. The number of rotatable bonds is 5. The summed E-state index contributed by atoms with van der Waals surface area (Å²) in [6, 6.07) is 13.8. The van der Waals surface area contributed by atoms with Crippen LogP contribution in [0.25, 0.3) is 10.2 Å². The van der Waals surface area contributed by atoms with Gasteiger partial charge in [0.15, 0.2) is 6.61 Å². The van der Waals surface area contributed by atoms with E-state index in [1.807, 2.05) is 24.3 Å². The molecule has 1 N–H and O–H groups in total.